The van der Waals surface area contributed by atoms with Gasteiger partial charge in [0.25, 0.3) is 0 Å². The second-order valence-electron chi connectivity index (χ2n) is 4.89. The Kier molecular flexibility index (Phi) is 5.88. The number of urea groups is 1. The van der Waals surface area contributed by atoms with Crippen LogP contribution in [0.3, 0.4) is 0 Å². The molecular formula is C17H17N5O2. The first-order valence-corrected chi connectivity index (χ1v) is 7.16. The highest BCUT2D eigenvalue weighted by Crippen LogP contribution is 2.06. The Labute approximate surface area is 139 Å². The lowest BCUT2D eigenvalue weighted by molar-refractivity contribution is -0.114. The van der Waals surface area contributed by atoms with Crippen molar-refractivity contribution in [2.75, 3.05) is 5.32 Å². The van der Waals surface area contributed by atoms with Crippen LogP contribution >= 0.6 is 0 Å². The zero-order valence-corrected chi connectivity index (χ0v) is 13.1. The molecule has 0 unspecified atom stereocenters. The molecule has 2 aromatic rings. The molecule has 1 heterocycles. The van der Waals surface area contributed by atoms with Gasteiger partial charge in [-0.25, -0.2) is 15.6 Å². The fourth-order valence-corrected chi connectivity index (χ4v) is 1.81. The number of rotatable bonds is 3. The van der Waals surface area contributed by atoms with E-state index >= 15 is 0 Å². The first-order valence-electron chi connectivity index (χ1n) is 7.16. The molecule has 0 spiro atoms. The molecule has 7 heteroatoms. The van der Waals surface area contributed by atoms with Crippen LogP contribution in [-0.2, 0) is 11.3 Å². The third-order valence-corrected chi connectivity index (χ3v) is 2.96. The normalized spacial score (nSPS) is 9.42. The van der Waals surface area contributed by atoms with Crippen molar-refractivity contribution in [3.05, 3.63) is 59.3 Å². The van der Waals surface area contributed by atoms with Gasteiger partial charge < -0.3 is 10.6 Å². The minimum absolute atomic E-state index is 0.167. The van der Waals surface area contributed by atoms with Crippen LogP contribution in [0.15, 0.2) is 42.6 Å². The number of hydrazine groups is 1. The monoisotopic (exact) mass is 323 g/mol. The maximum atomic E-state index is 11.0. The van der Waals surface area contributed by atoms with Gasteiger partial charge in [-0.1, -0.05) is 24.0 Å². The van der Waals surface area contributed by atoms with E-state index in [2.05, 4.69) is 27.5 Å². The molecule has 0 aliphatic rings. The van der Waals surface area contributed by atoms with E-state index in [0.717, 1.165) is 16.7 Å². The van der Waals surface area contributed by atoms with Gasteiger partial charge in [0.05, 0.1) is 0 Å². The summed E-state index contributed by atoms with van der Waals surface area (Å²) in [6, 6.07) is 10.5. The van der Waals surface area contributed by atoms with E-state index in [1.54, 1.807) is 18.3 Å². The topological polar surface area (TPSA) is 109 Å². The van der Waals surface area contributed by atoms with Crippen molar-refractivity contribution in [2.45, 2.75) is 13.5 Å². The van der Waals surface area contributed by atoms with Gasteiger partial charge in [-0.15, -0.1) is 0 Å². The summed E-state index contributed by atoms with van der Waals surface area (Å²) in [5.74, 6) is 11.3. The average Bonchev–Trinajstić information content (AvgIpc) is 2.59. The van der Waals surface area contributed by atoms with E-state index in [1.165, 1.54) is 6.92 Å². The minimum atomic E-state index is -0.436. The molecule has 0 saturated heterocycles. The van der Waals surface area contributed by atoms with Gasteiger partial charge in [0.2, 0.25) is 5.91 Å². The van der Waals surface area contributed by atoms with E-state index in [-0.39, 0.29) is 5.91 Å². The SMILES string of the molecule is CC(=O)Nc1ccc(C#Cc2ccc(CNC(=O)NN)cc2)cn1. The number of hydrogen-bond acceptors (Lipinski definition) is 4. The molecule has 0 bridgehead atoms. The number of nitrogens with zero attached hydrogens (tertiary/aromatic N) is 1. The van der Waals surface area contributed by atoms with Gasteiger partial charge >= 0.3 is 6.03 Å². The number of pyridine rings is 1. The van der Waals surface area contributed by atoms with E-state index in [9.17, 15) is 9.59 Å². The van der Waals surface area contributed by atoms with Crippen LogP contribution in [0.5, 0.6) is 0 Å². The van der Waals surface area contributed by atoms with Crippen molar-refractivity contribution in [1.29, 1.82) is 0 Å². The van der Waals surface area contributed by atoms with Crippen molar-refractivity contribution in [1.82, 2.24) is 15.7 Å². The molecule has 0 aliphatic heterocycles. The van der Waals surface area contributed by atoms with Crippen LogP contribution in [0, 0.1) is 11.8 Å². The van der Waals surface area contributed by atoms with Gasteiger partial charge in [0.1, 0.15) is 5.82 Å². The Hall–Kier alpha value is -3.37. The van der Waals surface area contributed by atoms with Gasteiger partial charge in [-0.3, -0.25) is 10.2 Å². The highest BCUT2D eigenvalue weighted by molar-refractivity contribution is 5.87. The van der Waals surface area contributed by atoms with Crippen LogP contribution in [0.4, 0.5) is 10.6 Å². The lowest BCUT2D eigenvalue weighted by Crippen LogP contribution is -2.39. The minimum Gasteiger partial charge on any atom is -0.333 e. The van der Waals surface area contributed by atoms with Crippen LogP contribution in [0.1, 0.15) is 23.6 Å². The molecule has 1 aromatic carbocycles. The molecule has 3 amide bonds. The Morgan fingerprint density at radius 3 is 2.33 bits per heavy atom. The highest BCUT2D eigenvalue weighted by atomic mass is 16.2. The molecule has 0 radical (unpaired) electrons. The molecule has 2 rings (SSSR count). The molecule has 0 atom stereocenters. The number of anilines is 1. The van der Waals surface area contributed by atoms with E-state index < -0.39 is 6.03 Å². The second kappa shape index (κ2) is 8.31. The number of carbonyl (C=O) groups is 2. The molecule has 1 aromatic heterocycles. The van der Waals surface area contributed by atoms with Crippen molar-refractivity contribution in [2.24, 2.45) is 5.84 Å². The number of carbonyl (C=O) groups excluding carboxylic acids is 2. The fraction of sp³-hybridized carbons (Fsp3) is 0.118. The molecule has 0 saturated carbocycles. The second-order valence-corrected chi connectivity index (χ2v) is 4.89. The van der Waals surface area contributed by atoms with Crippen molar-refractivity contribution in [3.63, 3.8) is 0 Å². The summed E-state index contributed by atoms with van der Waals surface area (Å²) in [6.07, 6.45) is 1.60. The first-order chi connectivity index (χ1) is 11.6. The van der Waals surface area contributed by atoms with Gasteiger partial charge in [-0.2, -0.15) is 0 Å². The predicted molar refractivity (Wildman–Crippen MR) is 90.5 cm³/mol. The summed E-state index contributed by atoms with van der Waals surface area (Å²) in [6.45, 7) is 1.81. The highest BCUT2D eigenvalue weighted by Gasteiger charge is 1.98. The van der Waals surface area contributed by atoms with Crippen molar-refractivity contribution < 1.29 is 9.59 Å². The maximum absolute atomic E-state index is 11.0. The third-order valence-electron chi connectivity index (χ3n) is 2.96. The van der Waals surface area contributed by atoms with Gasteiger partial charge in [0, 0.05) is 30.8 Å². The van der Waals surface area contributed by atoms with E-state index in [1.807, 2.05) is 29.7 Å². The Morgan fingerprint density at radius 1 is 1.08 bits per heavy atom. The Bertz CT molecular complexity index is 773. The number of hydrogen-bond donors (Lipinski definition) is 4. The van der Waals surface area contributed by atoms with Crippen LogP contribution < -0.4 is 21.9 Å². The van der Waals surface area contributed by atoms with Crippen molar-refractivity contribution >= 4 is 17.8 Å². The summed E-state index contributed by atoms with van der Waals surface area (Å²) in [7, 11) is 0. The smallest absolute Gasteiger partial charge is 0.329 e. The first kappa shape index (κ1) is 17.0. The van der Waals surface area contributed by atoms with Crippen LogP contribution in [-0.4, -0.2) is 16.9 Å². The molecule has 0 aliphatic carbocycles. The zero-order chi connectivity index (χ0) is 17.4. The maximum Gasteiger partial charge on any atom is 0.329 e. The number of nitrogens with two attached hydrogens (primary N) is 1. The summed E-state index contributed by atoms with van der Waals surface area (Å²) in [5.41, 5.74) is 4.52. The molecule has 24 heavy (non-hydrogen) atoms. The van der Waals surface area contributed by atoms with E-state index in [0.29, 0.717) is 12.4 Å². The van der Waals surface area contributed by atoms with Gasteiger partial charge in [-0.05, 0) is 29.8 Å². The molecular weight excluding hydrogens is 306 g/mol. The number of nitrogens with one attached hydrogen (secondary N) is 3. The lowest BCUT2D eigenvalue weighted by atomic mass is 10.1. The zero-order valence-electron chi connectivity index (χ0n) is 13.1. The summed E-state index contributed by atoms with van der Waals surface area (Å²) in [5, 5.41) is 5.19. The summed E-state index contributed by atoms with van der Waals surface area (Å²) >= 11 is 0. The lowest BCUT2D eigenvalue weighted by Gasteiger charge is -2.04. The largest absolute Gasteiger partial charge is 0.333 e. The van der Waals surface area contributed by atoms with E-state index in [4.69, 9.17) is 5.84 Å². The Balaban J connectivity index is 1.97. The molecule has 122 valence electrons. The molecule has 0 fully saturated rings. The molecule has 5 N–H and O–H groups in total. The van der Waals surface area contributed by atoms with Gasteiger partial charge in [0.15, 0.2) is 0 Å². The quantitative estimate of drug-likeness (QED) is 0.294. The number of aromatic nitrogens is 1. The van der Waals surface area contributed by atoms with Crippen molar-refractivity contribution in [3.8, 4) is 11.8 Å². The number of benzene rings is 1. The van der Waals surface area contributed by atoms with Crippen LogP contribution in [0.25, 0.3) is 0 Å². The van der Waals surface area contributed by atoms with Crippen LogP contribution in [0.2, 0.25) is 0 Å². The third kappa shape index (κ3) is 5.44. The Morgan fingerprint density at radius 2 is 1.75 bits per heavy atom. The average molecular weight is 323 g/mol. The standard InChI is InChI=1S/C17H17N5O2/c1-12(23)21-16-9-8-15(10-19-16)7-4-13-2-5-14(6-3-13)11-20-17(24)22-18/h2-3,5-6,8-10H,11,18H2,1H3,(H,19,21,23)(H2,20,22,24). The fourth-order valence-electron chi connectivity index (χ4n) is 1.81. The predicted octanol–water partition coefficient (Wildman–Crippen LogP) is 1.11. The summed E-state index contributed by atoms with van der Waals surface area (Å²) in [4.78, 5) is 26.0. The molecule has 7 nitrogen and oxygen atoms in total. The summed E-state index contributed by atoms with van der Waals surface area (Å²) < 4.78 is 0. The number of amides is 3.